The van der Waals surface area contributed by atoms with E-state index in [4.69, 9.17) is 5.11 Å². The van der Waals surface area contributed by atoms with E-state index in [9.17, 15) is 18.0 Å². The zero-order chi connectivity index (χ0) is 19.4. The van der Waals surface area contributed by atoms with Gasteiger partial charge in [-0.1, -0.05) is 0 Å². The first-order chi connectivity index (χ1) is 12.9. The number of carboxylic acids is 1. The number of hydrogen-bond donors (Lipinski definition) is 1. The molecule has 1 amide bonds. The minimum absolute atomic E-state index is 0.0315. The molecular weight excluding hydrogens is 388 g/mol. The van der Waals surface area contributed by atoms with E-state index in [0.29, 0.717) is 25.9 Å². The van der Waals surface area contributed by atoms with Crippen molar-refractivity contribution in [1.29, 1.82) is 0 Å². The molecule has 1 aliphatic rings. The topological polar surface area (TPSA) is 95.0 Å². The van der Waals surface area contributed by atoms with Crippen LogP contribution in [0.2, 0.25) is 0 Å². The molecule has 1 aromatic carbocycles. The van der Waals surface area contributed by atoms with Gasteiger partial charge in [0.2, 0.25) is 15.9 Å². The van der Waals surface area contributed by atoms with E-state index in [1.54, 1.807) is 16.2 Å². The van der Waals surface area contributed by atoms with Crippen molar-refractivity contribution in [1.82, 2.24) is 9.21 Å². The largest absolute Gasteiger partial charge is 0.478 e. The number of aryl methyl sites for hydroxylation is 1. The smallest absolute Gasteiger partial charge is 0.335 e. The first-order valence-electron chi connectivity index (χ1n) is 8.50. The number of carbonyl (C=O) groups is 2. The molecule has 1 saturated heterocycles. The fourth-order valence-electron chi connectivity index (χ4n) is 2.94. The van der Waals surface area contributed by atoms with E-state index in [-0.39, 0.29) is 29.5 Å². The molecule has 1 fully saturated rings. The van der Waals surface area contributed by atoms with E-state index >= 15 is 0 Å². The molecule has 1 aromatic heterocycles. The van der Waals surface area contributed by atoms with E-state index < -0.39 is 16.0 Å². The molecule has 0 spiro atoms. The summed E-state index contributed by atoms with van der Waals surface area (Å²) in [4.78, 5) is 25.0. The Morgan fingerprint density at radius 1 is 1.04 bits per heavy atom. The first kappa shape index (κ1) is 19.5. The maximum absolute atomic E-state index is 12.7. The van der Waals surface area contributed by atoms with Crippen LogP contribution in [0.4, 0.5) is 0 Å². The Bertz CT molecular complexity index is 900. The zero-order valence-electron chi connectivity index (χ0n) is 14.6. The molecule has 1 aliphatic heterocycles. The number of aromatic carboxylic acids is 1. The maximum Gasteiger partial charge on any atom is 0.335 e. The van der Waals surface area contributed by atoms with E-state index in [0.717, 1.165) is 5.56 Å². The van der Waals surface area contributed by atoms with E-state index in [2.05, 4.69) is 0 Å². The molecule has 0 saturated carbocycles. The molecule has 9 heteroatoms. The lowest BCUT2D eigenvalue weighted by Gasteiger charge is -2.34. The second-order valence-electron chi connectivity index (χ2n) is 6.25. The van der Waals surface area contributed by atoms with Crippen LogP contribution in [0, 0.1) is 0 Å². The minimum atomic E-state index is -3.70. The van der Waals surface area contributed by atoms with Crippen molar-refractivity contribution in [2.75, 3.05) is 26.2 Å². The molecule has 27 heavy (non-hydrogen) atoms. The highest BCUT2D eigenvalue weighted by Gasteiger charge is 2.30. The third kappa shape index (κ3) is 4.55. The molecule has 0 radical (unpaired) electrons. The highest BCUT2D eigenvalue weighted by molar-refractivity contribution is 7.89. The van der Waals surface area contributed by atoms with Crippen molar-refractivity contribution in [3.8, 4) is 0 Å². The second-order valence-corrected chi connectivity index (χ2v) is 8.96. The summed E-state index contributed by atoms with van der Waals surface area (Å²) in [6.07, 6.45) is 1.11. The van der Waals surface area contributed by atoms with Gasteiger partial charge in [0, 0.05) is 32.6 Å². The predicted octanol–water partition coefficient (Wildman–Crippen LogP) is 1.91. The Morgan fingerprint density at radius 3 is 2.26 bits per heavy atom. The second kappa shape index (κ2) is 8.20. The molecule has 2 heterocycles. The number of hydrogen-bond acceptors (Lipinski definition) is 5. The van der Waals surface area contributed by atoms with Crippen molar-refractivity contribution in [2.24, 2.45) is 0 Å². The highest BCUT2D eigenvalue weighted by Crippen LogP contribution is 2.19. The number of benzene rings is 1. The third-order valence-electron chi connectivity index (χ3n) is 4.54. The zero-order valence-corrected chi connectivity index (χ0v) is 16.2. The van der Waals surface area contributed by atoms with Crippen molar-refractivity contribution in [3.63, 3.8) is 0 Å². The number of nitrogens with zero attached hydrogens (tertiary/aromatic N) is 2. The number of carboxylic acid groups (broad SMARTS) is 1. The average Bonchev–Trinajstić information content (AvgIpc) is 3.20. The van der Waals surface area contributed by atoms with Gasteiger partial charge in [0.1, 0.15) is 0 Å². The van der Waals surface area contributed by atoms with Gasteiger partial charge in [0.15, 0.2) is 0 Å². The van der Waals surface area contributed by atoms with Crippen LogP contribution in [0.15, 0.2) is 46.0 Å². The van der Waals surface area contributed by atoms with Gasteiger partial charge in [0.05, 0.1) is 10.5 Å². The Labute approximate surface area is 161 Å². The highest BCUT2D eigenvalue weighted by atomic mass is 32.2. The van der Waals surface area contributed by atoms with Gasteiger partial charge in [-0.05, 0) is 53.1 Å². The van der Waals surface area contributed by atoms with Gasteiger partial charge in [-0.2, -0.15) is 15.6 Å². The van der Waals surface area contributed by atoms with Crippen LogP contribution >= 0.6 is 11.3 Å². The summed E-state index contributed by atoms with van der Waals surface area (Å²) in [5.74, 6) is -1.07. The summed E-state index contributed by atoms with van der Waals surface area (Å²) in [6.45, 7) is 1.17. The van der Waals surface area contributed by atoms with Crippen LogP contribution in [-0.2, 0) is 21.2 Å². The van der Waals surface area contributed by atoms with Crippen LogP contribution < -0.4 is 0 Å². The Kier molecular flexibility index (Phi) is 5.93. The van der Waals surface area contributed by atoms with Gasteiger partial charge in [0.25, 0.3) is 0 Å². The summed E-state index contributed by atoms with van der Waals surface area (Å²) in [6, 6.07) is 7.16. The van der Waals surface area contributed by atoms with Crippen LogP contribution in [0.1, 0.15) is 22.3 Å². The van der Waals surface area contributed by atoms with Crippen molar-refractivity contribution < 1.29 is 23.1 Å². The van der Waals surface area contributed by atoms with Crippen LogP contribution in [0.25, 0.3) is 0 Å². The Balaban J connectivity index is 1.57. The van der Waals surface area contributed by atoms with E-state index in [1.165, 1.54) is 28.6 Å². The van der Waals surface area contributed by atoms with Crippen molar-refractivity contribution in [2.45, 2.75) is 17.7 Å². The molecular formula is C18H20N2O5S2. The Morgan fingerprint density at radius 2 is 1.70 bits per heavy atom. The molecule has 144 valence electrons. The van der Waals surface area contributed by atoms with Gasteiger partial charge >= 0.3 is 5.97 Å². The number of piperazine rings is 1. The van der Waals surface area contributed by atoms with E-state index in [1.807, 2.05) is 16.8 Å². The maximum atomic E-state index is 12.7. The Hall–Kier alpha value is -2.23. The summed E-state index contributed by atoms with van der Waals surface area (Å²) in [5.41, 5.74) is 1.18. The molecule has 0 aliphatic carbocycles. The van der Waals surface area contributed by atoms with Crippen LogP contribution in [0.5, 0.6) is 0 Å². The van der Waals surface area contributed by atoms with Gasteiger partial charge in [-0.3, -0.25) is 4.79 Å². The van der Waals surface area contributed by atoms with Crippen LogP contribution in [-0.4, -0.2) is 60.8 Å². The third-order valence-corrected chi connectivity index (χ3v) is 7.18. The molecule has 1 N–H and O–H groups in total. The fraction of sp³-hybridized carbons (Fsp3) is 0.333. The van der Waals surface area contributed by atoms with Gasteiger partial charge < -0.3 is 10.0 Å². The summed E-state index contributed by atoms with van der Waals surface area (Å²) < 4.78 is 26.7. The minimum Gasteiger partial charge on any atom is -0.478 e. The fourth-order valence-corrected chi connectivity index (χ4v) is 5.07. The SMILES string of the molecule is O=C(O)c1ccc(S(=O)(=O)N2CCN(C(=O)CCc3ccsc3)CC2)cc1. The van der Waals surface area contributed by atoms with Crippen molar-refractivity contribution >= 4 is 33.2 Å². The van der Waals surface area contributed by atoms with Gasteiger partial charge in [-0.25, -0.2) is 13.2 Å². The normalized spacial score (nSPS) is 15.6. The molecule has 0 bridgehead atoms. The molecule has 3 rings (SSSR count). The summed E-state index contributed by atoms with van der Waals surface area (Å²) in [7, 11) is -3.70. The van der Waals surface area contributed by atoms with Crippen LogP contribution in [0.3, 0.4) is 0 Å². The number of rotatable bonds is 6. The number of carbonyl (C=O) groups excluding carboxylic acids is 1. The molecule has 7 nitrogen and oxygen atoms in total. The quantitative estimate of drug-likeness (QED) is 0.788. The van der Waals surface area contributed by atoms with Gasteiger partial charge in [-0.15, -0.1) is 0 Å². The molecule has 0 atom stereocenters. The number of amides is 1. The monoisotopic (exact) mass is 408 g/mol. The predicted molar refractivity (Wildman–Crippen MR) is 101 cm³/mol. The summed E-state index contributed by atoms with van der Waals surface area (Å²) >= 11 is 1.60. The molecule has 0 unspecified atom stereocenters. The lowest BCUT2D eigenvalue weighted by atomic mass is 10.1. The lowest BCUT2D eigenvalue weighted by molar-refractivity contribution is -0.132. The lowest BCUT2D eigenvalue weighted by Crippen LogP contribution is -2.50. The first-order valence-corrected chi connectivity index (χ1v) is 10.9. The molecule has 2 aromatic rings. The number of thiophene rings is 1. The number of sulfonamides is 1. The van der Waals surface area contributed by atoms with Crippen molar-refractivity contribution in [3.05, 3.63) is 52.2 Å². The summed E-state index contributed by atoms with van der Waals surface area (Å²) in [5, 5.41) is 12.9. The standard InChI is InChI=1S/C18H20N2O5S2/c21-17(6-1-14-7-12-26-13-14)19-8-10-20(11-9-19)27(24,25)16-4-2-15(3-5-16)18(22)23/h2-5,7,12-13H,1,6,8-11H2,(H,22,23). The average molecular weight is 409 g/mol.